The summed E-state index contributed by atoms with van der Waals surface area (Å²) >= 11 is 0. The van der Waals surface area contributed by atoms with Crippen LogP contribution >= 0.6 is 0 Å². The van der Waals surface area contributed by atoms with Crippen molar-refractivity contribution in [2.45, 2.75) is 112 Å². The summed E-state index contributed by atoms with van der Waals surface area (Å²) in [5, 5.41) is 11.1. The predicted octanol–water partition coefficient (Wildman–Crippen LogP) is 6.89. The van der Waals surface area contributed by atoms with E-state index in [4.69, 9.17) is 0 Å². The van der Waals surface area contributed by atoms with Crippen LogP contribution < -0.4 is 0 Å². The number of Topliss-reactive ketones (excluding diaryl/α,β-unsaturated/α-hetero) is 1. The molecule has 1 N–H and O–H groups in total. The van der Waals surface area contributed by atoms with Gasteiger partial charge < -0.3 is 5.11 Å². The van der Waals surface area contributed by atoms with E-state index in [2.05, 4.69) is 41.5 Å². The number of rotatable bonds is 5. The highest BCUT2D eigenvalue weighted by Gasteiger charge is 2.60. The Morgan fingerprint density at radius 1 is 0.933 bits per heavy atom. The molecule has 0 saturated heterocycles. The van der Waals surface area contributed by atoms with Crippen molar-refractivity contribution >= 4 is 5.78 Å². The van der Waals surface area contributed by atoms with Gasteiger partial charge in [0.25, 0.3) is 0 Å². The summed E-state index contributed by atoms with van der Waals surface area (Å²) in [5.41, 5.74) is 0.824. The summed E-state index contributed by atoms with van der Waals surface area (Å²) in [4.78, 5) is 12.1. The molecule has 2 heteroatoms. The number of fused-ring (bicyclic) bond motifs is 5. The van der Waals surface area contributed by atoms with E-state index in [1.165, 1.54) is 38.5 Å². The van der Waals surface area contributed by atoms with Gasteiger partial charge in [0.05, 0.1) is 6.10 Å². The van der Waals surface area contributed by atoms with Crippen molar-refractivity contribution in [1.82, 2.24) is 0 Å². The van der Waals surface area contributed by atoms with Gasteiger partial charge in [-0.15, -0.1) is 0 Å². The van der Waals surface area contributed by atoms with Crippen molar-refractivity contribution in [2.75, 3.05) is 0 Å². The molecule has 0 spiro atoms. The molecule has 172 valence electrons. The standard InChI is InChI=1S/C28H48O2/c1-17(2)18(3)15-26(30)19(4)23-9-10-24-22-8-7-20-16-21(29)11-13-27(20,5)25(22)12-14-28(23,24)6/h17-20,22-26,30H,7-16H2,1-6H3/t18-,19+,20+,22+,23-,24?,25+,26+,27+,28-/m1/s1. The Bertz CT molecular complexity index is 641. The fourth-order valence-electron chi connectivity index (χ4n) is 9.09. The van der Waals surface area contributed by atoms with Gasteiger partial charge in [-0.25, -0.2) is 0 Å². The van der Waals surface area contributed by atoms with Gasteiger partial charge >= 0.3 is 0 Å². The van der Waals surface area contributed by atoms with Gasteiger partial charge in [0.1, 0.15) is 5.78 Å². The molecule has 4 fully saturated rings. The van der Waals surface area contributed by atoms with E-state index in [1.807, 2.05) is 0 Å². The number of carbonyl (C=O) groups excluding carboxylic acids is 1. The van der Waals surface area contributed by atoms with Crippen LogP contribution in [0.3, 0.4) is 0 Å². The van der Waals surface area contributed by atoms with E-state index in [0.29, 0.717) is 46.2 Å². The maximum Gasteiger partial charge on any atom is 0.133 e. The Balaban J connectivity index is 1.49. The van der Waals surface area contributed by atoms with Gasteiger partial charge in [0.15, 0.2) is 0 Å². The molecule has 4 rings (SSSR count). The molecule has 0 bridgehead atoms. The molecule has 0 aliphatic heterocycles. The van der Waals surface area contributed by atoms with E-state index < -0.39 is 0 Å². The monoisotopic (exact) mass is 416 g/mol. The van der Waals surface area contributed by atoms with Crippen LogP contribution in [0.25, 0.3) is 0 Å². The summed E-state index contributed by atoms with van der Waals surface area (Å²) in [6.07, 6.45) is 11.7. The zero-order chi connectivity index (χ0) is 21.8. The number of aliphatic hydroxyl groups is 1. The molecule has 0 aromatic heterocycles. The van der Waals surface area contributed by atoms with Crippen molar-refractivity contribution in [3.63, 3.8) is 0 Å². The molecule has 0 aromatic carbocycles. The second kappa shape index (κ2) is 8.20. The third-order valence-corrected chi connectivity index (χ3v) is 11.5. The highest BCUT2D eigenvalue weighted by molar-refractivity contribution is 5.79. The van der Waals surface area contributed by atoms with Gasteiger partial charge in [-0.1, -0.05) is 41.5 Å². The number of ketones is 1. The summed E-state index contributed by atoms with van der Waals surface area (Å²) in [6.45, 7) is 14.4. The smallest absolute Gasteiger partial charge is 0.133 e. The van der Waals surface area contributed by atoms with Crippen LogP contribution in [0.5, 0.6) is 0 Å². The number of carbonyl (C=O) groups is 1. The Morgan fingerprint density at radius 3 is 2.33 bits per heavy atom. The van der Waals surface area contributed by atoms with Crippen molar-refractivity contribution < 1.29 is 9.90 Å². The lowest BCUT2D eigenvalue weighted by Crippen LogP contribution is -2.54. The molecule has 2 nitrogen and oxygen atoms in total. The van der Waals surface area contributed by atoms with Crippen LogP contribution in [-0.2, 0) is 4.79 Å². The highest BCUT2D eigenvalue weighted by Crippen LogP contribution is 2.68. The van der Waals surface area contributed by atoms with E-state index in [9.17, 15) is 9.90 Å². The van der Waals surface area contributed by atoms with Gasteiger partial charge in [-0.05, 0) is 110 Å². The molecule has 0 radical (unpaired) electrons. The predicted molar refractivity (Wildman–Crippen MR) is 124 cm³/mol. The molecule has 0 heterocycles. The third-order valence-electron chi connectivity index (χ3n) is 11.5. The van der Waals surface area contributed by atoms with Crippen LogP contribution in [0.15, 0.2) is 0 Å². The lowest BCUT2D eigenvalue weighted by Gasteiger charge is -2.60. The fourth-order valence-corrected chi connectivity index (χ4v) is 9.09. The van der Waals surface area contributed by atoms with Crippen molar-refractivity contribution in [2.24, 2.45) is 58.2 Å². The molecule has 4 aliphatic carbocycles. The van der Waals surface area contributed by atoms with Gasteiger partial charge in [0.2, 0.25) is 0 Å². The zero-order valence-corrected chi connectivity index (χ0v) is 20.6. The Morgan fingerprint density at radius 2 is 1.63 bits per heavy atom. The molecular formula is C28H48O2. The lowest BCUT2D eigenvalue weighted by molar-refractivity contribution is -0.141. The summed E-state index contributed by atoms with van der Waals surface area (Å²) in [5.74, 6) is 6.04. The second-order valence-corrected chi connectivity index (χ2v) is 13.0. The van der Waals surface area contributed by atoms with Crippen LogP contribution in [0.1, 0.15) is 106 Å². The molecule has 1 unspecified atom stereocenters. The summed E-state index contributed by atoms with van der Waals surface area (Å²) in [7, 11) is 0. The molecule has 0 amide bonds. The molecule has 10 atom stereocenters. The van der Waals surface area contributed by atoms with Crippen molar-refractivity contribution in [3.8, 4) is 0 Å². The van der Waals surface area contributed by atoms with Crippen LogP contribution in [0.4, 0.5) is 0 Å². The van der Waals surface area contributed by atoms with Crippen LogP contribution in [0.2, 0.25) is 0 Å². The zero-order valence-electron chi connectivity index (χ0n) is 20.6. The second-order valence-electron chi connectivity index (χ2n) is 13.0. The van der Waals surface area contributed by atoms with E-state index in [0.717, 1.165) is 43.4 Å². The molecule has 0 aromatic rings. The lowest BCUT2D eigenvalue weighted by atomic mass is 9.44. The van der Waals surface area contributed by atoms with Gasteiger partial charge in [-0.2, -0.15) is 0 Å². The molecule has 4 aliphatic rings. The maximum absolute atomic E-state index is 12.1. The molecule has 30 heavy (non-hydrogen) atoms. The first kappa shape index (κ1) is 22.8. The third kappa shape index (κ3) is 3.61. The first-order valence-electron chi connectivity index (χ1n) is 13.3. The Labute approximate surface area is 186 Å². The van der Waals surface area contributed by atoms with Gasteiger partial charge in [0, 0.05) is 12.8 Å². The first-order chi connectivity index (χ1) is 14.1. The van der Waals surface area contributed by atoms with Crippen molar-refractivity contribution in [3.05, 3.63) is 0 Å². The SMILES string of the molecule is CC(C)[C@H](C)C[C@H](O)[C@@H](C)[C@H]1CCC2[C@@H]3CC[C@H]4CC(=O)CC[C@]4(C)[C@H]3CC[C@@]21C. The minimum atomic E-state index is -0.154. The Hall–Kier alpha value is -0.370. The highest BCUT2D eigenvalue weighted by atomic mass is 16.3. The van der Waals surface area contributed by atoms with Gasteiger partial charge in [-0.3, -0.25) is 4.79 Å². The fraction of sp³-hybridized carbons (Fsp3) is 0.964. The maximum atomic E-state index is 12.1. The number of aliphatic hydroxyl groups excluding tert-OH is 1. The average Bonchev–Trinajstić information content (AvgIpc) is 3.04. The number of hydrogen-bond acceptors (Lipinski definition) is 2. The molecular weight excluding hydrogens is 368 g/mol. The van der Waals surface area contributed by atoms with E-state index in [-0.39, 0.29) is 6.10 Å². The topological polar surface area (TPSA) is 37.3 Å². The van der Waals surface area contributed by atoms with Crippen LogP contribution in [-0.4, -0.2) is 17.0 Å². The summed E-state index contributed by atoms with van der Waals surface area (Å²) < 4.78 is 0. The van der Waals surface area contributed by atoms with Crippen molar-refractivity contribution in [1.29, 1.82) is 0 Å². The summed E-state index contributed by atoms with van der Waals surface area (Å²) in [6, 6.07) is 0. The minimum Gasteiger partial charge on any atom is -0.393 e. The normalized spacial score (nSPS) is 46.7. The minimum absolute atomic E-state index is 0.154. The largest absolute Gasteiger partial charge is 0.393 e. The van der Waals surface area contributed by atoms with Crippen LogP contribution in [0, 0.1) is 58.2 Å². The Kier molecular flexibility index (Phi) is 6.23. The first-order valence-corrected chi connectivity index (χ1v) is 13.3. The molecule has 4 saturated carbocycles. The van der Waals surface area contributed by atoms with E-state index in [1.54, 1.807) is 0 Å². The average molecular weight is 417 g/mol. The quantitative estimate of drug-likeness (QED) is 0.529. The number of hydrogen-bond donors (Lipinski definition) is 1. The van der Waals surface area contributed by atoms with E-state index >= 15 is 0 Å².